The lowest BCUT2D eigenvalue weighted by Gasteiger charge is -2.09. The van der Waals surface area contributed by atoms with Crippen molar-refractivity contribution in [1.29, 1.82) is 0 Å². The third-order valence-electron chi connectivity index (χ3n) is 3.18. The quantitative estimate of drug-likeness (QED) is 0.838. The second kappa shape index (κ2) is 7.21. The molecule has 1 N–H and O–H groups in total. The van der Waals surface area contributed by atoms with Gasteiger partial charge in [-0.2, -0.15) is 5.10 Å². The van der Waals surface area contributed by atoms with Gasteiger partial charge in [0.25, 0.3) is 5.56 Å². The van der Waals surface area contributed by atoms with Gasteiger partial charge >= 0.3 is 0 Å². The van der Waals surface area contributed by atoms with Crippen molar-refractivity contribution in [3.63, 3.8) is 0 Å². The van der Waals surface area contributed by atoms with Gasteiger partial charge in [-0.15, -0.1) is 10.2 Å². The van der Waals surface area contributed by atoms with Crippen molar-refractivity contribution in [2.75, 3.05) is 11.9 Å². The Kier molecular flexibility index (Phi) is 5.32. The van der Waals surface area contributed by atoms with Crippen molar-refractivity contribution in [3.05, 3.63) is 33.7 Å². The van der Waals surface area contributed by atoms with Gasteiger partial charge < -0.3 is 9.88 Å². The zero-order valence-electron chi connectivity index (χ0n) is 12.2. The van der Waals surface area contributed by atoms with E-state index >= 15 is 0 Å². The highest BCUT2D eigenvalue weighted by Gasteiger charge is 2.09. The van der Waals surface area contributed by atoms with Gasteiger partial charge in [0, 0.05) is 26.6 Å². The molecule has 114 valence electrons. The summed E-state index contributed by atoms with van der Waals surface area (Å²) in [6, 6.07) is 0. The highest BCUT2D eigenvalue weighted by Crippen LogP contribution is 2.15. The number of hydrogen-bond acceptors (Lipinski definition) is 5. The first kappa shape index (κ1) is 15.5. The minimum Gasteiger partial charge on any atom is -0.382 e. The van der Waals surface area contributed by atoms with E-state index < -0.39 is 0 Å². The Labute approximate surface area is 128 Å². The number of hydrogen-bond donors (Lipinski definition) is 1. The lowest BCUT2D eigenvalue weighted by Crippen LogP contribution is -2.24. The predicted octanol–water partition coefficient (Wildman–Crippen LogP) is 1.48. The molecule has 2 aromatic rings. The Hall–Kier alpha value is -1.89. The number of aryl methyl sites for hydroxylation is 2. The van der Waals surface area contributed by atoms with Crippen LogP contribution in [0, 0.1) is 0 Å². The van der Waals surface area contributed by atoms with Gasteiger partial charge in [-0.1, -0.05) is 24.9 Å². The smallest absolute Gasteiger partial charge is 0.287 e. The summed E-state index contributed by atoms with van der Waals surface area (Å²) < 4.78 is 3.25. The Balaban J connectivity index is 1.99. The number of nitrogens with zero attached hydrogens (tertiary/aromatic N) is 5. The molecule has 2 rings (SSSR count). The molecule has 0 spiro atoms. The minimum absolute atomic E-state index is 0.180. The van der Waals surface area contributed by atoms with Crippen LogP contribution in [0.1, 0.15) is 25.6 Å². The van der Waals surface area contributed by atoms with Crippen LogP contribution in [0.5, 0.6) is 0 Å². The zero-order chi connectivity index (χ0) is 15.2. The Morgan fingerprint density at radius 1 is 1.43 bits per heavy atom. The van der Waals surface area contributed by atoms with Crippen molar-refractivity contribution in [2.24, 2.45) is 7.05 Å². The lowest BCUT2D eigenvalue weighted by molar-refractivity contribution is 0.543. The molecule has 0 aliphatic heterocycles. The van der Waals surface area contributed by atoms with E-state index in [-0.39, 0.29) is 10.6 Å². The first-order valence-corrected chi connectivity index (χ1v) is 7.33. The molecule has 0 aliphatic carbocycles. The van der Waals surface area contributed by atoms with Crippen LogP contribution in [0.25, 0.3) is 0 Å². The van der Waals surface area contributed by atoms with Gasteiger partial charge in [-0.3, -0.25) is 4.79 Å². The Bertz CT molecular complexity index is 650. The summed E-state index contributed by atoms with van der Waals surface area (Å²) in [7, 11) is 1.89. The summed E-state index contributed by atoms with van der Waals surface area (Å²) in [4.78, 5) is 12.0. The van der Waals surface area contributed by atoms with Gasteiger partial charge in [0.2, 0.25) is 0 Å². The van der Waals surface area contributed by atoms with Gasteiger partial charge in [-0.25, -0.2) is 4.68 Å². The van der Waals surface area contributed by atoms with Crippen LogP contribution in [0.2, 0.25) is 5.02 Å². The fourth-order valence-corrected chi connectivity index (χ4v) is 2.11. The third-order valence-corrected chi connectivity index (χ3v) is 3.54. The summed E-state index contributed by atoms with van der Waals surface area (Å²) in [5.41, 5.74) is 0.297. The Morgan fingerprint density at radius 2 is 2.24 bits per heavy atom. The average Bonchev–Trinajstić information content (AvgIpc) is 2.88. The Morgan fingerprint density at radius 3 is 2.90 bits per heavy atom. The van der Waals surface area contributed by atoms with Crippen LogP contribution >= 0.6 is 11.6 Å². The highest BCUT2D eigenvalue weighted by molar-refractivity contribution is 6.32. The molecule has 0 aromatic carbocycles. The van der Waals surface area contributed by atoms with Crippen molar-refractivity contribution in [3.8, 4) is 0 Å². The molecule has 7 nitrogen and oxygen atoms in total. The molecule has 0 radical (unpaired) electrons. The SMILES string of the molecule is CCCCn1ncc(NCCc2nncn2C)c(Cl)c1=O. The molecule has 0 saturated heterocycles. The molecule has 2 aromatic heterocycles. The van der Waals surface area contributed by atoms with Crippen LogP contribution < -0.4 is 10.9 Å². The van der Waals surface area contributed by atoms with Gasteiger partial charge in [0.15, 0.2) is 0 Å². The van der Waals surface area contributed by atoms with E-state index in [0.29, 0.717) is 25.2 Å². The molecule has 21 heavy (non-hydrogen) atoms. The normalized spacial score (nSPS) is 10.8. The van der Waals surface area contributed by atoms with Gasteiger partial charge in [0.05, 0.1) is 11.9 Å². The maximum atomic E-state index is 12.0. The summed E-state index contributed by atoms with van der Waals surface area (Å²) in [6.45, 7) is 3.26. The molecule has 8 heteroatoms. The maximum absolute atomic E-state index is 12.0. The van der Waals surface area contributed by atoms with E-state index in [1.54, 1.807) is 12.5 Å². The van der Waals surface area contributed by atoms with Gasteiger partial charge in [-0.05, 0) is 6.42 Å². The summed E-state index contributed by atoms with van der Waals surface area (Å²) in [5, 5.41) is 15.2. The van der Waals surface area contributed by atoms with Crippen LogP contribution in [0.15, 0.2) is 17.3 Å². The van der Waals surface area contributed by atoms with E-state index in [1.807, 2.05) is 11.6 Å². The third kappa shape index (κ3) is 3.81. The van der Waals surface area contributed by atoms with Crippen molar-refractivity contribution in [1.82, 2.24) is 24.5 Å². The second-order valence-electron chi connectivity index (χ2n) is 4.79. The molecule has 0 amide bonds. The molecular formula is C13H19ClN6O. The van der Waals surface area contributed by atoms with Crippen molar-refractivity contribution < 1.29 is 0 Å². The number of nitrogens with one attached hydrogen (secondary N) is 1. The standard InChI is InChI=1S/C13H19ClN6O/c1-3-4-7-20-13(21)12(14)10(8-17-20)15-6-5-11-18-16-9-19(11)2/h8-9,15H,3-7H2,1-2H3. The topological polar surface area (TPSA) is 77.6 Å². The fraction of sp³-hybridized carbons (Fsp3) is 0.538. The largest absolute Gasteiger partial charge is 0.382 e. The number of anilines is 1. The van der Waals surface area contributed by atoms with Crippen LogP contribution in [0.3, 0.4) is 0 Å². The molecule has 0 unspecified atom stereocenters. The second-order valence-corrected chi connectivity index (χ2v) is 5.17. The predicted molar refractivity (Wildman–Crippen MR) is 81.6 cm³/mol. The summed E-state index contributed by atoms with van der Waals surface area (Å²) in [5.74, 6) is 0.864. The first-order valence-electron chi connectivity index (χ1n) is 6.95. The number of halogens is 1. The number of rotatable bonds is 7. The highest BCUT2D eigenvalue weighted by atomic mass is 35.5. The molecular weight excluding hydrogens is 292 g/mol. The van der Waals surface area contributed by atoms with Crippen molar-refractivity contribution >= 4 is 17.3 Å². The molecule has 2 heterocycles. The van der Waals surface area contributed by atoms with Crippen LogP contribution in [-0.4, -0.2) is 31.1 Å². The van der Waals surface area contributed by atoms with Crippen LogP contribution in [-0.2, 0) is 20.0 Å². The van der Waals surface area contributed by atoms with Gasteiger partial charge in [0.1, 0.15) is 17.2 Å². The molecule has 0 atom stereocenters. The molecule has 0 bridgehead atoms. The average molecular weight is 311 g/mol. The monoisotopic (exact) mass is 310 g/mol. The summed E-state index contributed by atoms with van der Waals surface area (Å²) >= 11 is 6.10. The number of aromatic nitrogens is 5. The van der Waals surface area contributed by atoms with E-state index in [9.17, 15) is 4.79 Å². The first-order chi connectivity index (χ1) is 10.1. The van der Waals surface area contributed by atoms with Crippen LogP contribution in [0.4, 0.5) is 5.69 Å². The fourth-order valence-electron chi connectivity index (χ4n) is 1.90. The van der Waals surface area contributed by atoms with E-state index in [4.69, 9.17) is 11.6 Å². The maximum Gasteiger partial charge on any atom is 0.287 e. The van der Waals surface area contributed by atoms with E-state index in [1.165, 1.54) is 4.68 Å². The minimum atomic E-state index is -0.256. The zero-order valence-corrected chi connectivity index (χ0v) is 13.0. The molecule has 0 saturated carbocycles. The number of unbranched alkanes of at least 4 members (excludes halogenated alkanes) is 1. The molecule has 0 aliphatic rings. The van der Waals surface area contributed by atoms with E-state index in [2.05, 4.69) is 27.5 Å². The summed E-state index contributed by atoms with van der Waals surface area (Å²) in [6.07, 6.45) is 5.84. The molecule has 0 fully saturated rings. The lowest BCUT2D eigenvalue weighted by atomic mass is 10.3. The van der Waals surface area contributed by atoms with E-state index in [0.717, 1.165) is 18.7 Å². The van der Waals surface area contributed by atoms with Crippen molar-refractivity contribution in [2.45, 2.75) is 32.7 Å².